The normalized spacial score (nSPS) is 16.8. The number of hydrogen-bond acceptors (Lipinski definition) is 4. The zero-order valence-electron chi connectivity index (χ0n) is 15.9. The molecule has 0 radical (unpaired) electrons. The van der Waals surface area contributed by atoms with Crippen LogP contribution in [0.3, 0.4) is 0 Å². The van der Waals surface area contributed by atoms with Gasteiger partial charge in [0.1, 0.15) is 5.75 Å². The first-order chi connectivity index (χ1) is 12.9. The number of nitrogens with zero attached hydrogens (tertiary/aromatic N) is 1. The number of benzene rings is 2. The van der Waals surface area contributed by atoms with Gasteiger partial charge in [-0.3, -0.25) is 14.5 Å². The van der Waals surface area contributed by atoms with Gasteiger partial charge in [-0.25, -0.2) is 0 Å². The van der Waals surface area contributed by atoms with Gasteiger partial charge in [0, 0.05) is 12.1 Å². The Hall–Kier alpha value is -3.08. The first-order valence-electron chi connectivity index (χ1n) is 8.90. The number of Topliss-reactive ketones (excluding diaryl/α,β-unsaturated/α-hetero) is 1. The SMILES string of the molecule is CCC(=O)C1=C(O)C(=O)N(c2ccc(C)c(C)c2)C1c1cccc(OC)c1. The lowest BCUT2D eigenvalue weighted by atomic mass is 9.94. The second kappa shape index (κ2) is 7.27. The molecule has 27 heavy (non-hydrogen) atoms. The molecular weight excluding hydrogens is 342 g/mol. The highest BCUT2D eigenvalue weighted by Gasteiger charge is 2.43. The molecule has 1 atom stereocenters. The van der Waals surface area contributed by atoms with Gasteiger partial charge in [0.15, 0.2) is 11.5 Å². The van der Waals surface area contributed by atoms with Crippen LogP contribution in [-0.2, 0) is 9.59 Å². The Balaban J connectivity index is 2.20. The van der Waals surface area contributed by atoms with Gasteiger partial charge in [-0.1, -0.05) is 25.1 Å². The standard InChI is InChI=1S/C22H23NO4/c1-5-18(24)19-20(15-7-6-8-17(12-15)27-4)23(22(26)21(19)25)16-10-9-13(2)14(3)11-16/h6-12,20,25H,5H2,1-4H3. The molecule has 3 rings (SSSR count). The summed E-state index contributed by atoms with van der Waals surface area (Å²) in [4.78, 5) is 27.0. The molecule has 0 fully saturated rings. The maximum Gasteiger partial charge on any atom is 0.294 e. The van der Waals surface area contributed by atoms with Gasteiger partial charge >= 0.3 is 0 Å². The summed E-state index contributed by atoms with van der Waals surface area (Å²) in [5.74, 6) is -0.676. The molecular formula is C22H23NO4. The van der Waals surface area contributed by atoms with Crippen LogP contribution in [0.5, 0.6) is 5.75 Å². The molecule has 0 bridgehead atoms. The fourth-order valence-corrected chi connectivity index (χ4v) is 3.35. The highest BCUT2D eigenvalue weighted by Crippen LogP contribution is 2.42. The minimum absolute atomic E-state index is 0.133. The zero-order valence-corrected chi connectivity index (χ0v) is 15.9. The number of carbonyl (C=O) groups excluding carboxylic acids is 2. The highest BCUT2D eigenvalue weighted by atomic mass is 16.5. The van der Waals surface area contributed by atoms with E-state index in [-0.39, 0.29) is 17.8 Å². The van der Waals surface area contributed by atoms with Crippen LogP contribution in [0.2, 0.25) is 0 Å². The summed E-state index contributed by atoms with van der Waals surface area (Å²) in [6, 6.07) is 12.2. The number of amides is 1. The minimum Gasteiger partial charge on any atom is -0.503 e. The zero-order chi connectivity index (χ0) is 19.7. The minimum atomic E-state index is -0.692. The summed E-state index contributed by atoms with van der Waals surface area (Å²) in [7, 11) is 1.56. The number of aliphatic hydroxyl groups excluding tert-OH is 1. The molecule has 1 unspecified atom stereocenters. The lowest BCUT2D eigenvalue weighted by Gasteiger charge is -2.27. The van der Waals surface area contributed by atoms with E-state index in [2.05, 4.69) is 0 Å². The van der Waals surface area contributed by atoms with Crippen molar-refractivity contribution in [3.63, 3.8) is 0 Å². The largest absolute Gasteiger partial charge is 0.503 e. The van der Waals surface area contributed by atoms with Crippen molar-refractivity contribution >= 4 is 17.4 Å². The van der Waals surface area contributed by atoms with Crippen LogP contribution in [0.4, 0.5) is 5.69 Å². The van der Waals surface area contributed by atoms with Crippen LogP contribution in [0.15, 0.2) is 53.8 Å². The van der Waals surface area contributed by atoms with Crippen molar-refractivity contribution in [2.45, 2.75) is 33.2 Å². The number of methoxy groups -OCH3 is 1. The summed E-state index contributed by atoms with van der Waals surface area (Å²) in [6.07, 6.45) is 0.202. The maximum atomic E-state index is 12.9. The van der Waals surface area contributed by atoms with Crippen molar-refractivity contribution in [2.75, 3.05) is 12.0 Å². The van der Waals surface area contributed by atoms with Gasteiger partial charge in [0.05, 0.1) is 18.7 Å². The number of carbonyl (C=O) groups is 2. The second-order valence-electron chi connectivity index (χ2n) is 6.66. The fraction of sp³-hybridized carbons (Fsp3) is 0.273. The molecule has 0 saturated heterocycles. The summed E-state index contributed by atoms with van der Waals surface area (Å²) >= 11 is 0. The van der Waals surface area contributed by atoms with Crippen LogP contribution in [0, 0.1) is 13.8 Å². The predicted molar refractivity (Wildman–Crippen MR) is 104 cm³/mol. The number of ether oxygens (including phenoxy) is 1. The molecule has 2 aromatic rings. The van der Waals surface area contributed by atoms with E-state index in [4.69, 9.17) is 4.74 Å². The molecule has 0 aliphatic carbocycles. The van der Waals surface area contributed by atoms with Gasteiger partial charge in [-0.15, -0.1) is 0 Å². The smallest absolute Gasteiger partial charge is 0.294 e. The van der Waals surface area contributed by atoms with Crippen LogP contribution < -0.4 is 9.64 Å². The Morgan fingerprint density at radius 2 is 1.89 bits per heavy atom. The van der Waals surface area contributed by atoms with Crippen molar-refractivity contribution in [3.8, 4) is 5.75 Å². The van der Waals surface area contributed by atoms with E-state index in [0.29, 0.717) is 17.0 Å². The fourth-order valence-electron chi connectivity index (χ4n) is 3.35. The lowest BCUT2D eigenvalue weighted by molar-refractivity contribution is -0.118. The molecule has 0 spiro atoms. The molecule has 0 saturated carbocycles. The Morgan fingerprint density at radius 3 is 2.52 bits per heavy atom. The summed E-state index contributed by atoms with van der Waals surface area (Å²) in [5.41, 5.74) is 3.61. The number of rotatable bonds is 5. The summed E-state index contributed by atoms with van der Waals surface area (Å²) < 4.78 is 5.30. The monoisotopic (exact) mass is 365 g/mol. The third-order valence-corrected chi connectivity index (χ3v) is 5.01. The molecule has 5 heteroatoms. The molecule has 2 aromatic carbocycles. The van der Waals surface area contributed by atoms with E-state index in [1.54, 1.807) is 32.2 Å². The Bertz CT molecular complexity index is 945. The molecule has 140 valence electrons. The predicted octanol–water partition coefficient (Wildman–Crippen LogP) is 4.19. The molecule has 1 aliphatic heterocycles. The highest BCUT2D eigenvalue weighted by molar-refractivity contribution is 6.16. The number of anilines is 1. The van der Waals surface area contributed by atoms with E-state index in [0.717, 1.165) is 11.1 Å². The summed E-state index contributed by atoms with van der Waals surface area (Å²) in [5, 5.41) is 10.5. The third-order valence-electron chi connectivity index (χ3n) is 5.01. The molecule has 1 aliphatic rings. The molecule has 0 aromatic heterocycles. The van der Waals surface area contributed by atoms with Crippen LogP contribution >= 0.6 is 0 Å². The van der Waals surface area contributed by atoms with Crippen molar-refractivity contribution in [2.24, 2.45) is 0 Å². The van der Waals surface area contributed by atoms with E-state index in [9.17, 15) is 14.7 Å². The van der Waals surface area contributed by atoms with Gasteiger partial charge in [0.25, 0.3) is 5.91 Å². The van der Waals surface area contributed by atoms with Crippen molar-refractivity contribution < 1.29 is 19.4 Å². The summed E-state index contributed by atoms with van der Waals surface area (Å²) in [6.45, 7) is 5.67. The van der Waals surface area contributed by atoms with Gasteiger partial charge in [0.2, 0.25) is 0 Å². The first kappa shape index (κ1) is 18.7. The lowest BCUT2D eigenvalue weighted by Crippen LogP contribution is -2.31. The van der Waals surface area contributed by atoms with Gasteiger partial charge < -0.3 is 9.84 Å². The Kier molecular flexibility index (Phi) is 5.04. The van der Waals surface area contributed by atoms with Gasteiger partial charge in [-0.05, 0) is 54.8 Å². The Morgan fingerprint density at radius 1 is 1.15 bits per heavy atom. The van der Waals surface area contributed by atoms with E-state index in [1.807, 2.05) is 38.1 Å². The Labute approximate surface area is 158 Å². The van der Waals surface area contributed by atoms with E-state index < -0.39 is 17.7 Å². The van der Waals surface area contributed by atoms with Crippen molar-refractivity contribution in [1.82, 2.24) is 0 Å². The van der Waals surface area contributed by atoms with E-state index >= 15 is 0 Å². The molecule has 5 nitrogen and oxygen atoms in total. The van der Waals surface area contributed by atoms with Crippen LogP contribution in [-0.4, -0.2) is 23.9 Å². The van der Waals surface area contributed by atoms with E-state index in [1.165, 1.54) is 4.90 Å². The third kappa shape index (κ3) is 3.21. The number of ketones is 1. The quantitative estimate of drug-likeness (QED) is 0.863. The van der Waals surface area contributed by atoms with Crippen LogP contribution in [0.1, 0.15) is 36.1 Å². The van der Waals surface area contributed by atoms with Crippen molar-refractivity contribution in [1.29, 1.82) is 0 Å². The van der Waals surface area contributed by atoms with Crippen LogP contribution in [0.25, 0.3) is 0 Å². The average molecular weight is 365 g/mol. The van der Waals surface area contributed by atoms with Gasteiger partial charge in [-0.2, -0.15) is 0 Å². The maximum absolute atomic E-state index is 12.9. The number of aryl methyl sites for hydroxylation is 2. The first-order valence-corrected chi connectivity index (χ1v) is 8.90. The number of hydrogen-bond donors (Lipinski definition) is 1. The number of aliphatic hydroxyl groups is 1. The second-order valence-corrected chi connectivity index (χ2v) is 6.66. The average Bonchev–Trinajstić information content (AvgIpc) is 2.94. The molecule has 1 amide bonds. The molecule has 1 heterocycles. The molecule has 1 N–H and O–H groups in total. The topological polar surface area (TPSA) is 66.8 Å². The van der Waals surface area contributed by atoms with Crippen molar-refractivity contribution in [3.05, 3.63) is 70.5 Å².